The molecule has 2 heterocycles. The van der Waals surface area contributed by atoms with Crippen molar-refractivity contribution >= 4 is 22.8 Å². The third kappa shape index (κ3) is 2.80. The molecular weight excluding hydrogens is 284 g/mol. The van der Waals surface area contributed by atoms with Gasteiger partial charge in [-0.1, -0.05) is 12.1 Å². The van der Waals surface area contributed by atoms with Crippen molar-refractivity contribution in [3.8, 4) is 0 Å². The Labute approximate surface area is 125 Å². The van der Waals surface area contributed by atoms with Crippen LogP contribution in [0.3, 0.4) is 0 Å². The number of aromatic amines is 1. The first-order valence-electron chi connectivity index (χ1n) is 6.64. The number of para-hydroxylation sites is 2. The molecule has 0 aliphatic rings. The molecule has 3 aromatic rings. The third-order valence-corrected chi connectivity index (χ3v) is 3.15. The largest absolute Gasteiger partial charge is 0.368 e. The lowest BCUT2D eigenvalue weighted by Gasteiger charge is -2.01. The second kappa shape index (κ2) is 5.68. The molecule has 8 heteroatoms. The van der Waals surface area contributed by atoms with Gasteiger partial charge in [-0.15, -0.1) is 0 Å². The van der Waals surface area contributed by atoms with Crippen molar-refractivity contribution in [2.75, 3.05) is 6.54 Å². The third-order valence-electron chi connectivity index (χ3n) is 3.15. The number of nitrogens with zero attached hydrogens (tertiary/aromatic N) is 3. The summed E-state index contributed by atoms with van der Waals surface area (Å²) >= 11 is 0. The molecule has 0 fully saturated rings. The fourth-order valence-corrected chi connectivity index (χ4v) is 2.14. The molecule has 2 amide bonds. The van der Waals surface area contributed by atoms with E-state index in [1.807, 2.05) is 28.8 Å². The molecule has 4 N–H and O–H groups in total. The number of nitrogens with one attached hydrogen (secondary N) is 2. The van der Waals surface area contributed by atoms with E-state index in [-0.39, 0.29) is 12.2 Å². The van der Waals surface area contributed by atoms with Crippen molar-refractivity contribution in [3.63, 3.8) is 0 Å². The Bertz CT molecular complexity index is 835. The van der Waals surface area contributed by atoms with Crippen molar-refractivity contribution in [1.82, 2.24) is 25.1 Å². The van der Waals surface area contributed by atoms with Crippen LogP contribution < -0.4 is 11.1 Å². The highest BCUT2D eigenvalue weighted by molar-refractivity contribution is 5.94. The molecule has 0 saturated carbocycles. The second-order valence-electron chi connectivity index (χ2n) is 4.79. The zero-order valence-electron chi connectivity index (χ0n) is 11.6. The van der Waals surface area contributed by atoms with Gasteiger partial charge in [-0.3, -0.25) is 14.7 Å². The average molecular weight is 298 g/mol. The van der Waals surface area contributed by atoms with E-state index in [1.54, 1.807) is 12.4 Å². The maximum absolute atomic E-state index is 11.8. The molecule has 2 aromatic heterocycles. The SMILES string of the molecule is NC(=O)CNC(=O)c1cc(Cn2cnc3ccccc32)[nH]n1. The minimum Gasteiger partial charge on any atom is -0.368 e. The highest BCUT2D eigenvalue weighted by Gasteiger charge is 2.11. The maximum Gasteiger partial charge on any atom is 0.272 e. The van der Waals surface area contributed by atoms with Crippen molar-refractivity contribution in [3.05, 3.63) is 48.0 Å². The van der Waals surface area contributed by atoms with Crippen LogP contribution in [-0.2, 0) is 11.3 Å². The molecule has 22 heavy (non-hydrogen) atoms. The van der Waals surface area contributed by atoms with Crippen LogP contribution in [0.15, 0.2) is 36.7 Å². The number of nitrogens with two attached hydrogens (primary N) is 1. The van der Waals surface area contributed by atoms with Gasteiger partial charge >= 0.3 is 0 Å². The molecule has 112 valence electrons. The Morgan fingerprint density at radius 1 is 1.32 bits per heavy atom. The summed E-state index contributed by atoms with van der Waals surface area (Å²) in [6, 6.07) is 9.40. The highest BCUT2D eigenvalue weighted by atomic mass is 16.2. The van der Waals surface area contributed by atoms with Gasteiger partial charge in [0.2, 0.25) is 5.91 Å². The molecule has 1 aromatic carbocycles. The van der Waals surface area contributed by atoms with Gasteiger partial charge in [0, 0.05) is 0 Å². The smallest absolute Gasteiger partial charge is 0.272 e. The molecule has 0 bridgehead atoms. The van der Waals surface area contributed by atoms with Crippen LogP contribution in [0, 0.1) is 0 Å². The van der Waals surface area contributed by atoms with Gasteiger partial charge in [-0.25, -0.2) is 4.98 Å². The molecule has 0 radical (unpaired) electrons. The van der Waals surface area contributed by atoms with Gasteiger partial charge in [-0.05, 0) is 18.2 Å². The molecule has 3 rings (SSSR count). The minimum absolute atomic E-state index is 0.209. The number of hydrogen-bond acceptors (Lipinski definition) is 4. The number of amides is 2. The number of hydrogen-bond donors (Lipinski definition) is 3. The Balaban J connectivity index is 1.74. The topological polar surface area (TPSA) is 119 Å². The zero-order valence-corrected chi connectivity index (χ0v) is 11.6. The number of aromatic nitrogens is 4. The molecule has 0 unspecified atom stereocenters. The summed E-state index contributed by atoms with van der Waals surface area (Å²) in [5.74, 6) is -1.05. The first kappa shape index (κ1) is 13.8. The second-order valence-corrected chi connectivity index (χ2v) is 4.79. The van der Waals surface area contributed by atoms with Gasteiger partial charge in [0.05, 0.1) is 36.1 Å². The van der Waals surface area contributed by atoms with E-state index in [0.29, 0.717) is 6.54 Å². The van der Waals surface area contributed by atoms with Crippen molar-refractivity contribution in [2.45, 2.75) is 6.54 Å². The maximum atomic E-state index is 11.8. The Kier molecular flexibility index (Phi) is 3.57. The van der Waals surface area contributed by atoms with Crippen LogP contribution in [0.5, 0.6) is 0 Å². The standard InChI is InChI=1S/C14H14N6O2/c15-13(21)6-16-14(22)11-5-9(18-19-11)7-20-8-17-10-3-1-2-4-12(10)20/h1-5,8H,6-7H2,(H2,15,21)(H,16,22)(H,18,19). The molecule has 0 aliphatic carbocycles. The zero-order chi connectivity index (χ0) is 15.5. The van der Waals surface area contributed by atoms with Crippen LogP contribution in [-0.4, -0.2) is 38.1 Å². The summed E-state index contributed by atoms with van der Waals surface area (Å²) in [4.78, 5) is 26.7. The van der Waals surface area contributed by atoms with Crippen LogP contribution in [0.25, 0.3) is 11.0 Å². The van der Waals surface area contributed by atoms with E-state index in [4.69, 9.17) is 5.73 Å². The van der Waals surface area contributed by atoms with Crippen molar-refractivity contribution in [2.24, 2.45) is 5.73 Å². The van der Waals surface area contributed by atoms with E-state index in [0.717, 1.165) is 16.7 Å². The van der Waals surface area contributed by atoms with Crippen LogP contribution in [0.4, 0.5) is 0 Å². The van der Waals surface area contributed by atoms with E-state index < -0.39 is 11.8 Å². The van der Waals surface area contributed by atoms with E-state index in [1.165, 1.54) is 0 Å². The summed E-state index contributed by atoms with van der Waals surface area (Å²) in [5.41, 5.74) is 7.84. The fourth-order valence-electron chi connectivity index (χ4n) is 2.14. The van der Waals surface area contributed by atoms with Gasteiger partial charge < -0.3 is 15.6 Å². The molecule has 0 aliphatic heterocycles. The van der Waals surface area contributed by atoms with E-state index >= 15 is 0 Å². The van der Waals surface area contributed by atoms with Gasteiger partial charge in [0.1, 0.15) is 5.69 Å². The molecule has 8 nitrogen and oxygen atoms in total. The Morgan fingerprint density at radius 3 is 2.95 bits per heavy atom. The molecule has 0 atom stereocenters. The lowest BCUT2D eigenvalue weighted by molar-refractivity contribution is -0.117. The quantitative estimate of drug-likeness (QED) is 0.615. The number of carbonyl (C=O) groups is 2. The fraction of sp³-hybridized carbons (Fsp3) is 0.143. The van der Waals surface area contributed by atoms with Crippen molar-refractivity contribution in [1.29, 1.82) is 0 Å². The van der Waals surface area contributed by atoms with Gasteiger partial charge in [0.15, 0.2) is 0 Å². The highest BCUT2D eigenvalue weighted by Crippen LogP contribution is 2.13. The lowest BCUT2D eigenvalue weighted by Crippen LogP contribution is -2.33. The average Bonchev–Trinajstić information content (AvgIpc) is 3.13. The predicted molar refractivity (Wildman–Crippen MR) is 79.0 cm³/mol. The number of fused-ring (bicyclic) bond motifs is 1. The molecule has 0 saturated heterocycles. The lowest BCUT2D eigenvalue weighted by atomic mass is 10.3. The number of rotatable bonds is 5. The predicted octanol–water partition coefficient (Wildman–Crippen LogP) is 0.0228. The summed E-state index contributed by atoms with van der Waals surface area (Å²) in [6.45, 7) is 0.295. The Morgan fingerprint density at radius 2 is 2.14 bits per heavy atom. The summed E-state index contributed by atoms with van der Waals surface area (Å²) < 4.78 is 1.95. The number of primary amides is 1. The number of carbonyl (C=O) groups excluding carboxylic acids is 2. The minimum atomic E-state index is -0.603. The van der Waals surface area contributed by atoms with Gasteiger partial charge in [0.25, 0.3) is 5.91 Å². The van der Waals surface area contributed by atoms with Crippen LogP contribution >= 0.6 is 0 Å². The van der Waals surface area contributed by atoms with Crippen LogP contribution in [0.2, 0.25) is 0 Å². The van der Waals surface area contributed by atoms with Crippen molar-refractivity contribution < 1.29 is 9.59 Å². The van der Waals surface area contributed by atoms with Gasteiger partial charge in [-0.2, -0.15) is 5.10 Å². The first-order valence-corrected chi connectivity index (χ1v) is 6.64. The summed E-state index contributed by atoms with van der Waals surface area (Å²) in [5, 5.41) is 9.12. The van der Waals surface area contributed by atoms with E-state index in [9.17, 15) is 9.59 Å². The number of imidazole rings is 1. The normalized spacial score (nSPS) is 10.7. The first-order chi connectivity index (χ1) is 10.6. The summed E-state index contributed by atoms with van der Waals surface area (Å²) in [6.07, 6.45) is 1.73. The molecule has 0 spiro atoms. The summed E-state index contributed by atoms with van der Waals surface area (Å²) in [7, 11) is 0. The molecular formula is C14H14N6O2. The van der Waals surface area contributed by atoms with E-state index in [2.05, 4.69) is 20.5 Å². The number of H-pyrrole nitrogens is 1. The monoisotopic (exact) mass is 298 g/mol. The van der Waals surface area contributed by atoms with Crippen LogP contribution in [0.1, 0.15) is 16.2 Å². The Hall–Kier alpha value is -3.16. The number of benzene rings is 1.